The van der Waals surface area contributed by atoms with Crippen molar-refractivity contribution in [2.75, 3.05) is 37.7 Å². The Hall–Kier alpha value is -0.750. The van der Waals surface area contributed by atoms with Crippen molar-refractivity contribution in [2.24, 2.45) is 5.92 Å². The molecule has 2 N–H and O–H groups in total. The number of nitrogens with one attached hydrogen (secondary N) is 2. The first-order chi connectivity index (χ1) is 11.7. The molecule has 2 atom stereocenters. The van der Waals surface area contributed by atoms with E-state index in [1.54, 1.807) is 0 Å². The highest BCUT2D eigenvalue weighted by molar-refractivity contribution is 7.99. The van der Waals surface area contributed by atoms with Gasteiger partial charge in [-0.05, 0) is 50.3 Å². The van der Waals surface area contributed by atoms with Crippen LogP contribution in [0.25, 0.3) is 0 Å². The molecule has 24 heavy (non-hydrogen) atoms. The Labute approximate surface area is 150 Å². The van der Waals surface area contributed by atoms with Gasteiger partial charge in [-0.2, -0.15) is 11.8 Å². The number of unbranched alkanes of at least 4 members (excludes halogenated alkanes) is 1. The number of likely N-dealkylation sites (tertiary alicyclic amines) is 1. The van der Waals surface area contributed by atoms with Crippen LogP contribution < -0.4 is 10.6 Å². The summed E-state index contributed by atoms with van der Waals surface area (Å²) in [6.45, 7) is 5.52. The minimum absolute atomic E-state index is 0.00790. The van der Waals surface area contributed by atoms with Gasteiger partial charge in [0.05, 0.1) is 6.04 Å². The normalized spacial score (nSPS) is 24.1. The van der Waals surface area contributed by atoms with Crippen LogP contribution in [0.5, 0.6) is 0 Å². The number of piperidine rings is 1. The lowest BCUT2D eigenvalue weighted by Gasteiger charge is -2.33. The number of rotatable bonds is 9. The van der Waals surface area contributed by atoms with Crippen LogP contribution in [0.4, 0.5) is 0 Å². The van der Waals surface area contributed by atoms with Crippen molar-refractivity contribution in [1.29, 1.82) is 0 Å². The lowest BCUT2D eigenvalue weighted by Crippen LogP contribution is -2.46. The van der Waals surface area contributed by atoms with Gasteiger partial charge in [0.15, 0.2) is 0 Å². The molecule has 2 aliphatic heterocycles. The Balaban J connectivity index is 1.63. The lowest BCUT2D eigenvalue weighted by molar-refractivity contribution is -0.132. The third kappa shape index (κ3) is 6.63. The zero-order valence-electron chi connectivity index (χ0n) is 15.0. The lowest BCUT2D eigenvalue weighted by atomic mass is 9.97. The van der Waals surface area contributed by atoms with Gasteiger partial charge in [-0.15, -0.1) is 0 Å². The van der Waals surface area contributed by atoms with Gasteiger partial charge in [-0.1, -0.05) is 13.3 Å². The van der Waals surface area contributed by atoms with Gasteiger partial charge in [-0.3, -0.25) is 9.59 Å². The highest BCUT2D eigenvalue weighted by atomic mass is 32.2. The summed E-state index contributed by atoms with van der Waals surface area (Å²) in [6.07, 6.45) is 7.29. The van der Waals surface area contributed by atoms with Gasteiger partial charge in [0.1, 0.15) is 0 Å². The van der Waals surface area contributed by atoms with Crippen LogP contribution in [0, 0.1) is 5.92 Å². The number of amides is 2. The SMILES string of the molecule is CCCCSCCC(=O)N1CCCC(CNC(=O)C2CCCN2)C1. The van der Waals surface area contributed by atoms with Gasteiger partial charge in [-0.25, -0.2) is 0 Å². The average Bonchev–Trinajstić information content (AvgIpc) is 3.14. The van der Waals surface area contributed by atoms with Gasteiger partial charge in [0.25, 0.3) is 0 Å². The highest BCUT2D eigenvalue weighted by Gasteiger charge is 2.26. The average molecular weight is 356 g/mol. The molecule has 0 saturated carbocycles. The first-order valence-corrected chi connectivity index (χ1v) is 10.7. The predicted molar refractivity (Wildman–Crippen MR) is 100 cm³/mol. The molecule has 2 rings (SSSR count). The van der Waals surface area contributed by atoms with E-state index in [1.807, 2.05) is 16.7 Å². The third-order valence-electron chi connectivity index (χ3n) is 4.92. The van der Waals surface area contributed by atoms with Crippen molar-refractivity contribution in [3.63, 3.8) is 0 Å². The van der Waals surface area contributed by atoms with Crippen molar-refractivity contribution in [1.82, 2.24) is 15.5 Å². The van der Waals surface area contributed by atoms with Crippen LogP contribution in [0.3, 0.4) is 0 Å². The fraction of sp³-hybridized carbons (Fsp3) is 0.889. The first kappa shape index (κ1) is 19.6. The molecular formula is C18H33N3O2S. The van der Waals surface area contributed by atoms with Crippen LogP contribution in [-0.4, -0.2) is 60.4 Å². The van der Waals surface area contributed by atoms with E-state index < -0.39 is 0 Å². The Bertz CT molecular complexity index is 400. The van der Waals surface area contributed by atoms with Crippen LogP contribution in [0.1, 0.15) is 51.9 Å². The fourth-order valence-electron chi connectivity index (χ4n) is 3.40. The van der Waals surface area contributed by atoms with E-state index in [2.05, 4.69) is 17.6 Å². The van der Waals surface area contributed by atoms with E-state index >= 15 is 0 Å². The zero-order chi connectivity index (χ0) is 17.2. The molecule has 138 valence electrons. The highest BCUT2D eigenvalue weighted by Crippen LogP contribution is 2.18. The molecule has 2 heterocycles. The Kier molecular flexibility index (Phi) is 8.95. The summed E-state index contributed by atoms with van der Waals surface area (Å²) in [5.41, 5.74) is 0. The van der Waals surface area contributed by atoms with Crippen molar-refractivity contribution >= 4 is 23.6 Å². The first-order valence-electron chi connectivity index (χ1n) is 9.57. The molecule has 2 amide bonds. The van der Waals surface area contributed by atoms with Crippen LogP contribution in [-0.2, 0) is 9.59 Å². The predicted octanol–water partition coefficient (Wildman–Crippen LogP) is 2.02. The second-order valence-corrected chi connectivity index (χ2v) is 8.18. The summed E-state index contributed by atoms with van der Waals surface area (Å²) in [7, 11) is 0. The van der Waals surface area contributed by atoms with Crippen LogP contribution in [0.2, 0.25) is 0 Å². The molecule has 5 nitrogen and oxygen atoms in total. The maximum absolute atomic E-state index is 12.3. The number of carbonyl (C=O) groups is 2. The molecule has 0 aromatic heterocycles. The van der Waals surface area contributed by atoms with E-state index in [0.29, 0.717) is 18.9 Å². The van der Waals surface area contributed by atoms with Crippen molar-refractivity contribution in [3.8, 4) is 0 Å². The number of hydrogen-bond donors (Lipinski definition) is 2. The molecule has 0 aromatic rings. The summed E-state index contributed by atoms with van der Waals surface area (Å²) in [5, 5.41) is 6.31. The minimum Gasteiger partial charge on any atom is -0.354 e. The minimum atomic E-state index is -0.00790. The maximum atomic E-state index is 12.3. The summed E-state index contributed by atoms with van der Waals surface area (Å²) in [4.78, 5) is 26.4. The second kappa shape index (κ2) is 11.0. The molecule has 0 bridgehead atoms. The topological polar surface area (TPSA) is 61.4 Å². The molecule has 2 fully saturated rings. The maximum Gasteiger partial charge on any atom is 0.237 e. The van der Waals surface area contributed by atoms with Crippen LogP contribution in [0.15, 0.2) is 0 Å². The smallest absolute Gasteiger partial charge is 0.237 e. The van der Waals surface area contributed by atoms with Gasteiger partial charge >= 0.3 is 0 Å². The van der Waals surface area contributed by atoms with E-state index in [-0.39, 0.29) is 17.9 Å². The van der Waals surface area contributed by atoms with Crippen molar-refractivity contribution in [2.45, 2.75) is 57.9 Å². The number of hydrogen-bond acceptors (Lipinski definition) is 4. The molecule has 2 aliphatic rings. The molecule has 0 spiro atoms. The molecular weight excluding hydrogens is 322 g/mol. The Morgan fingerprint density at radius 3 is 2.88 bits per heavy atom. The summed E-state index contributed by atoms with van der Waals surface area (Å²) in [5.74, 6) is 2.91. The van der Waals surface area contributed by atoms with E-state index in [1.165, 1.54) is 12.8 Å². The standard InChI is InChI=1S/C18H33N3O2S/c1-2-3-11-24-12-8-17(22)21-10-5-6-15(14-21)13-20-18(23)16-7-4-9-19-16/h15-16,19H,2-14H2,1H3,(H,20,23). The summed E-state index contributed by atoms with van der Waals surface area (Å²) < 4.78 is 0. The number of thioether (sulfide) groups is 1. The van der Waals surface area contributed by atoms with Gasteiger partial charge in [0, 0.05) is 31.8 Å². The van der Waals surface area contributed by atoms with Crippen molar-refractivity contribution < 1.29 is 9.59 Å². The van der Waals surface area contributed by atoms with Crippen molar-refractivity contribution in [3.05, 3.63) is 0 Å². The molecule has 0 aromatic carbocycles. The van der Waals surface area contributed by atoms with Gasteiger partial charge < -0.3 is 15.5 Å². The summed E-state index contributed by atoms with van der Waals surface area (Å²) in [6, 6.07) is -0.00790. The molecule has 2 unspecified atom stereocenters. The monoisotopic (exact) mass is 355 g/mol. The largest absolute Gasteiger partial charge is 0.354 e. The Morgan fingerprint density at radius 2 is 2.12 bits per heavy atom. The zero-order valence-corrected chi connectivity index (χ0v) is 15.8. The second-order valence-electron chi connectivity index (χ2n) is 6.96. The number of carbonyl (C=O) groups excluding carboxylic acids is 2. The van der Waals surface area contributed by atoms with Crippen LogP contribution >= 0.6 is 11.8 Å². The van der Waals surface area contributed by atoms with E-state index in [4.69, 9.17) is 0 Å². The summed E-state index contributed by atoms with van der Waals surface area (Å²) >= 11 is 1.89. The molecule has 6 heteroatoms. The van der Waals surface area contributed by atoms with E-state index in [9.17, 15) is 9.59 Å². The number of nitrogens with zero attached hydrogens (tertiary/aromatic N) is 1. The van der Waals surface area contributed by atoms with E-state index in [0.717, 1.165) is 56.8 Å². The van der Waals surface area contributed by atoms with Gasteiger partial charge in [0.2, 0.25) is 11.8 Å². The fourth-order valence-corrected chi connectivity index (χ4v) is 4.42. The quantitative estimate of drug-likeness (QED) is 0.621. The molecule has 0 radical (unpaired) electrons. The third-order valence-corrected chi connectivity index (χ3v) is 5.99. The molecule has 0 aliphatic carbocycles. The molecule has 2 saturated heterocycles. The Morgan fingerprint density at radius 1 is 1.25 bits per heavy atom.